The van der Waals surface area contributed by atoms with Crippen molar-refractivity contribution < 1.29 is 14.3 Å². The van der Waals surface area contributed by atoms with Crippen molar-refractivity contribution in [1.29, 1.82) is 0 Å². The summed E-state index contributed by atoms with van der Waals surface area (Å²) in [6, 6.07) is 12.4. The molecule has 0 bridgehead atoms. The molecule has 0 unspecified atom stereocenters. The van der Waals surface area contributed by atoms with Crippen LogP contribution < -0.4 is 15.0 Å². The first-order valence-corrected chi connectivity index (χ1v) is 8.27. The number of halogens is 2. The third kappa shape index (κ3) is 3.76. The van der Waals surface area contributed by atoms with Gasteiger partial charge < -0.3 is 10.1 Å². The number of amides is 2. The number of hydrogen-bond acceptors (Lipinski definition) is 3. The quantitative estimate of drug-likeness (QED) is 0.742. The van der Waals surface area contributed by atoms with E-state index in [1.165, 1.54) is 4.90 Å². The average molecular weight is 443 g/mol. The molecule has 1 heterocycles. The summed E-state index contributed by atoms with van der Waals surface area (Å²) < 4.78 is 6.37. The van der Waals surface area contributed by atoms with E-state index in [1.54, 1.807) is 24.3 Å². The Morgan fingerprint density at radius 1 is 1.30 bits per heavy atom. The second-order valence-electron chi connectivity index (χ2n) is 4.94. The molecule has 2 amide bonds. The summed E-state index contributed by atoms with van der Waals surface area (Å²) in [5.74, 6) is -0.0261. The van der Waals surface area contributed by atoms with Gasteiger partial charge in [-0.1, -0.05) is 17.7 Å². The smallest absolute Gasteiger partial charge is 0.265 e. The molecule has 3 rings (SSSR count). The van der Waals surface area contributed by atoms with Gasteiger partial charge in [0.1, 0.15) is 12.3 Å². The maximum Gasteiger partial charge on any atom is 0.265 e. The zero-order valence-corrected chi connectivity index (χ0v) is 14.8. The van der Waals surface area contributed by atoms with Crippen molar-refractivity contribution in [2.75, 3.05) is 23.4 Å². The molecule has 2 aromatic rings. The summed E-state index contributed by atoms with van der Waals surface area (Å²) in [6.45, 7) is -0.188. The first kappa shape index (κ1) is 16.1. The molecule has 7 heteroatoms. The Balaban J connectivity index is 1.78. The van der Waals surface area contributed by atoms with Crippen molar-refractivity contribution in [3.63, 3.8) is 0 Å². The zero-order valence-electron chi connectivity index (χ0n) is 11.9. The highest BCUT2D eigenvalue weighted by molar-refractivity contribution is 14.1. The molecular weight excluding hydrogens is 431 g/mol. The number of nitrogens with one attached hydrogen (secondary N) is 1. The topological polar surface area (TPSA) is 58.6 Å². The van der Waals surface area contributed by atoms with Gasteiger partial charge in [-0.25, -0.2) is 0 Å². The molecule has 0 saturated heterocycles. The second-order valence-corrected chi connectivity index (χ2v) is 6.62. The molecule has 0 radical (unpaired) electrons. The summed E-state index contributed by atoms with van der Waals surface area (Å²) in [5.41, 5.74) is 1.19. The first-order chi connectivity index (χ1) is 11.0. The molecular formula is C16H12ClIN2O3. The van der Waals surface area contributed by atoms with Crippen LogP contribution in [0.15, 0.2) is 42.5 Å². The van der Waals surface area contributed by atoms with E-state index >= 15 is 0 Å². The third-order valence-electron chi connectivity index (χ3n) is 3.27. The molecule has 1 aliphatic rings. The highest BCUT2D eigenvalue weighted by Crippen LogP contribution is 2.34. The van der Waals surface area contributed by atoms with E-state index in [0.717, 1.165) is 3.57 Å². The van der Waals surface area contributed by atoms with Crippen molar-refractivity contribution in [2.24, 2.45) is 0 Å². The van der Waals surface area contributed by atoms with Gasteiger partial charge in [-0.05, 0) is 59.0 Å². The Morgan fingerprint density at radius 2 is 2.13 bits per heavy atom. The largest absolute Gasteiger partial charge is 0.482 e. The number of ether oxygens (including phenoxy) is 1. The minimum Gasteiger partial charge on any atom is -0.482 e. The maximum atomic E-state index is 12.3. The van der Waals surface area contributed by atoms with Crippen LogP contribution in [-0.2, 0) is 9.59 Å². The average Bonchev–Trinajstić information content (AvgIpc) is 2.50. The Hall–Kier alpha value is -1.80. The zero-order chi connectivity index (χ0) is 16.4. The molecule has 0 aliphatic carbocycles. The van der Waals surface area contributed by atoms with Gasteiger partial charge in [-0.15, -0.1) is 0 Å². The summed E-state index contributed by atoms with van der Waals surface area (Å²) in [5, 5.41) is 3.26. The second kappa shape index (κ2) is 6.76. The normalized spacial score (nSPS) is 13.3. The van der Waals surface area contributed by atoms with Gasteiger partial charge in [0.25, 0.3) is 5.91 Å². The number of nitrogens with zero attached hydrogens (tertiary/aromatic N) is 1. The van der Waals surface area contributed by atoms with E-state index in [-0.39, 0.29) is 25.0 Å². The van der Waals surface area contributed by atoms with E-state index in [1.807, 2.05) is 18.2 Å². The predicted molar refractivity (Wildman–Crippen MR) is 97.1 cm³/mol. The Morgan fingerprint density at radius 3 is 2.91 bits per heavy atom. The molecule has 5 nitrogen and oxygen atoms in total. The van der Waals surface area contributed by atoms with Crippen LogP contribution in [0.1, 0.15) is 0 Å². The molecule has 1 aliphatic heterocycles. The van der Waals surface area contributed by atoms with E-state index in [0.29, 0.717) is 22.1 Å². The number of rotatable bonds is 3. The van der Waals surface area contributed by atoms with Crippen LogP contribution in [0, 0.1) is 3.57 Å². The lowest BCUT2D eigenvalue weighted by Crippen LogP contribution is -2.43. The van der Waals surface area contributed by atoms with Crippen molar-refractivity contribution in [3.8, 4) is 5.75 Å². The molecule has 2 aromatic carbocycles. The number of carbonyl (C=O) groups is 2. The van der Waals surface area contributed by atoms with Gasteiger partial charge in [0.15, 0.2) is 6.61 Å². The maximum absolute atomic E-state index is 12.3. The van der Waals surface area contributed by atoms with Crippen LogP contribution in [0.5, 0.6) is 5.75 Å². The molecule has 0 fully saturated rings. The molecule has 0 atom stereocenters. The Labute approximate surface area is 151 Å². The number of hydrogen-bond donors (Lipinski definition) is 1. The van der Waals surface area contributed by atoms with Crippen LogP contribution in [0.4, 0.5) is 11.4 Å². The van der Waals surface area contributed by atoms with Crippen LogP contribution in [-0.4, -0.2) is 25.0 Å². The summed E-state index contributed by atoms with van der Waals surface area (Å²) in [7, 11) is 0. The first-order valence-electron chi connectivity index (χ1n) is 6.81. The van der Waals surface area contributed by atoms with Crippen LogP contribution in [0.25, 0.3) is 0 Å². The van der Waals surface area contributed by atoms with Crippen molar-refractivity contribution >= 4 is 57.4 Å². The monoisotopic (exact) mass is 442 g/mol. The van der Waals surface area contributed by atoms with Gasteiger partial charge in [0, 0.05) is 14.3 Å². The fourth-order valence-electron chi connectivity index (χ4n) is 2.26. The fraction of sp³-hybridized carbons (Fsp3) is 0.125. The van der Waals surface area contributed by atoms with Crippen molar-refractivity contribution in [3.05, 3.63) is 51.1 Å². The lowest BCUT2D eigenvalue weighted by Gasteiger charge is -2.29. The number of fused-ring (bicyclic) bond motifs is 1. The SMILES string of the molecule is O=C(CN1C(=O)COc2ccc(Cl)cc21)Nc1cccc(I)c1. The Bertz CT molecular complexity index is 782. The minimum absolute atomic E-state index is 0.0921. The van der Waals surface area contributed by atoms with Crippen molar-refractivity contribution in [2.45, 2.75) is 0 Å². The molecule has 1 N–H and O–H groups in total. The van der Waals surface area contributed by atoms with Gasteiger partial charge in [0.2, 0.25) is 5.91 Å². The van der Waals surface area contributed by atoms with Gasteiger partial charge >= 0.3 is 0 Å². The molecule has 0 spiro atoms. The summed E-state index contributed by atoms with van der Waals surface area (Å²) in [6.07, 6.45) is 0. The number of benzene rings is 2. The highest BCUT2D eigenvalue weighted by atomic mass is 127. The standard InChI is InChI=1S/C16H12ClIN2O3/c17-10-4-5-14-13(6-10)20(16(22)9-23-14)8-15(21)19-12-3-1-2-11(18)7-12/h1-7H,8-9H2,(H,19,21). The molecule has 0 aromatic heterocycles. The van der Waals surface area contributed by atoms with E-state index in [9.17, 15) is 9.59 Å². The van der Waals surface area contributed by atoms with E-state index < -0.39 is 0 Å². The number of anilines is 2. The summed E-state index contributed by atoms with van der Waals surface area (Å²) >= 11 is 8.15. The van der Waals surface area contributed by atoms with Gasteiger partial charge in [-0.3, -0.25) is 14.5 Å². The highest BCUT2D eigenvalue weighted by Gasteiger charge is 2.27. The summed E-state index contributed by atoms with van der Waals surface area (Å²) in [4.78, 5) is 25.7. The number of carbonyl (C=O) groups excluding carboxylic acids is 2. The van der Waals surface area contributed by atoms with Gasteiger partial charge in [0.05, 0.1) is 5.69 Å². The molecule has 23 heavy (non-hydrogen) atoms. The van der Waals surface area contributed by atoms with Crippen molar-refractivity contribution in [1.82, 2.24) is 0 Å². The Kier molecular flexibility index (Phi) is 4.72. The van der Waals surface area contributed by atoms with Crippen LogP contribution >= 0.6 is 34.2 Å². The fourth-order valence-corrected chi connectivity index (χ4v) is 2.97. The molecule has 0 saturated carbocycles. The minimum atomic E-state index is -0.284. The molecule has 118 valence electrons. The van der Waals surface area contributed by atoms with Gasteiger partial charge in [-0.2, -0.15) is 0 Å². The lowest BCUT2D eigenvalue weighted by molar-refractivity contribution is -0.123. The van der Waals surface area contributed by atoms with E-state index in [4.69, 9.17) is 16.3 Å². The third-order valence-corrected chi connectivity index (χ3v) is 4.18. The predicted octanol–water partition coefficient (Wildman–Crippen LogP) is 3.31. The lowest BCUT2D eigenvalue weighted by atomic mass is 10.2. The van der Waals surface area contributed by atoms with E-state index in [2.05, 4.69) is 27.9 Å². The van der Waals surface area contributed by atoms with Crippen LogP contribution in [0.3, 0.4) is 0 Å². The van der Waals surface area contributed by atoms with Crippen LogP contribution in [0.2, 0.25) is 5.02 Å².